The molecule has 8 N–H and O–H groups in total. The molecular formula is C6H20N2O6P2. The van der Waals surface area contributed by atoms with Crippen LogP contribution in [-0.4, -0.2) is 21.4 Å². The summed E-state index contributed by atoms with van der Waals surface area (Å²) in [6, 6.07) is 0. The molecule has 0 rings (SSSR count). The largest absolute Gasteiger partial charge is 0.774 e. The quantitative estimate of drug-likeness (QED) is 0.399. The highest BCUT2D eigenvalue weighted by Gasteiger charge is 2.15. The van der Waals surface area contributed by atoms with Crippen molar-refractivity contribution in [1.82, 2.24) is 0 Å². The van der Waals surface area contributed by atoms with Crippen molar-refractivity contribution < 1.29 is 40.2 Å². The standard InChI is InChI=1S/2C3H10NO3P/c2*1-2-3(4)8(5,6)7/h2*3H,2,4H2,1H3,(H2,5,6,7)/t2*3-/m11/s1. The molecule has 0 aromatic carbocycles. The topological polar surface area (TPSA) is 176 Å². The van der Waals surface area contributed by atoms with Gasteiger partial charge in [0.15, 0.2) is 15.2 Å². The molecule has 2 unspecified atom stereocenters. The Morgan fingerprint density at radius 3 is 1.19 bits per heavy atom. The van der Waals surface area contributed by atoms with Gasteiger partial charge >= 0.3 is 0 Å². The molecule has 0 aliphatic carbocycles. The maximum absolute atomic E-state index is 10.1. The van der Waals surface area contributed by atoms with Gasteiger partial charge in [0.25, 0.3) is 0 Å². The van der Waals surface area contributed by atoms with E-state index in [0.717, 1.165) is 0 Å². The summed E-state index contributed by atoms with van der Waals surface area (Å²) in [6.07, 6.45) is 0.717. The molecule has 0 radical (unpaired) electrons. The predicted octanol–water partition coefficient (Wildman–Crippen LogP) is -2.98. The summed E-state index contributed by atoms with van der Waals surface area (Å²) in [5.74, 6) is -1.69. The first-order valence-corrected chi connectivity index (χ1v) is 7.99. The van der Waals surface area contributed by atoms with E-state index in [1.807, 2.05) is 0 Å². The predicted molar refractivity (Wildman–Crippen MR) is 53.6 cm³/mol. The third kappa shape index (κ3) is 9.45. The minimum Gasteiger partial charge on any atom is -0.774 e. The summed E-state index contributed by atoms with van der Waals surface area (Å²) in [7, 11) is -8.24. The molecule has 0 amide bonds. The summed E-state index contributed by atoms with van der Waals surface area (Å²) in [5, 5.41) is 0. The molecule has 0 aromatic heterocycles. The van der Waals surface area contributed by atoms with E-state index in [9.17, 15) is 18.9 Å². The van der Waals surface area contributed by atoms with E-state index < -0.39 is 26.8 Å². The molecule has 16 heavy (non-hydrogen) atoms. The smallest absolute Gasteiger partial charge is 0.190 e. The van der Waals surface area contributed by atoms with Gasteiger partial charge in [-0.05, 0) is 0 Å². The molecular weight excluding hydrogens is 258 g/mol. The van der Waals surface area contributed by atoms with Gasteiger partial charge in [0.1, 0.15) is 11.6 Å². The normalized spacial score (nSPS) is 22.0. The summed E-state index contributed by atoms with van der Waals surface area (Å²) >= 11 is 0. The van der Waals surface area contributed by atoms with Gasteiger partial charge in [-0.15, -0.1) is 0 Å². The average molecular weight is 278 g/mol. The Labute approximate surface area is 94.4 Å². The fourth-order valence-electron chi connectivity index (χ4n) is 0.461. The van der Waals surface area contributed by atoms with E-state index in [1.165, 1.54) is 0 Å². The Balaban J connectivity index is 0. The first-order chi connectivity index (χ1) is 6.96. The molecule has 0 aliphatic heterocycles. The van der Waals surface area contributed by atoms with Gasteiger partial charge in [0, 0.05) is 12.8 Å². The van der Waals surface area contributed by atoms with Crippen LogP contribution in [-0.2, 0) is 9.13 Å². The van der Waals surface area contributed by atoms with Crippen molar-refractivity contribution in [3.05, 3.63) is 0 Å². The zero-order valence-corrected chi connectivity index (χ0v) is 11.2. The highest BCUT2D eigenvalue weighted by Crippen LogP contribution is 2.33. The van der Waals surface area contributed by atoms with Crippen LogP contribution in [0, 0.1) is 0 Å². The van der Waals surface area contributed by atoms with E-state index in [0.29, 0.717) is 12.8 Å². The third-order valence-corrected chi connectivity index (χ3v) is 4.44. The maximum atomic E-state index is 10.1. The Kier molecular flexibility index (Phi) is 8.74. The van der Waals surface area contributed by atoms with Gasteiger partial charge < -0.3 is 40.2 Å². The van der Waals surface area contributed by atoms with Crippen LogP contribution in [0.15, 0.2) is 0 Å². The van der Waals surface area contributed by atoms with Crippen LogP contribution in [0.2, 0.25) is 0 Å². The lowest BCUT2D eigenvalue weighted by molar-refractivity contribution is -0.405. The van der Waals surface area contributed by atoms with Crippen molar-refractivity contribution in [3.8, 4) is 0 Å². The van der Waals surface area contributed by atoms with E-state index >= 15 is 0 Å². The van der Waals surface area contributed by atoms with Crippen molar-refractivity contribution in [3.63, 3.8) is 0 Å². The Bertz CT molecular complexity index is 246. The molecule has 100 valence electrons. The first kappa shape index (κ1) is 18.6. The highest BCUT2D eigenvalue weighted by molar-refractivity contribution is 7.51. The van der Waals surface area contributed by atoms with Crippen LogP contribution in [0.4, 0.5) is 0 Å². The van der Waals surface area contributed by atoms with Crippen molar-refractivity contribution in [2.45, 2.75) is 38.3 Å². The van der Waals surface area contributed by atoms with Crippen molar-refractivity contribution in [2.75, 3.05) is 0 Å². The summed E-state index contributed by atoms with van der Waals surface area (Å²) in [4.78, 5) is 36.6. The van der Waals surface area contributed by atoms with Crippen LogP contribution < -0.4 is 21.3 Å². The average Bonchev–Trinajstić information content (AvgIpc) is 2.13. The summed E-state index contributed by atoms with van der Waals surface area (Å²) < 4.78 is 20.2. The minimum atomic E-state index is -4.12. The van der Waals surface area contributed by atoms with E-state index in [2.05, 4.69) is 11.5 Å². The van der Waals surface area contributed by atoms with Gasteiger partial charge in [0.05, 0.1) is 0 Å². The minimum absolute atomic E-state index is 0.358. The second-order valence-corrected chi connectivity index (χ2v) is 6.97. The monoisotopic (exact) mass is 278 g/mol. The Morgan fingerprint density at radius 1 is 1.00 bits per heavy atom. The molecule has 0 heterocycles. The first-order valence-electron chi connectivity index (χ1n) is 4.69. The second-order valence-electron chi connectivity index (χ2n) is 3.25. The number of hydrogen-bond acceptors (Lipinski definition) is 4. The zero-order valence-electron chi connectivity index (χ0n) is 9.40. The fraction of sp³-hybridized carbons (Fsp3) is 1.00. The number of hydrogen-bond donors (Lipinski definition) is 4. The zero-order chi connectivity index (χ0) is 13.6. The van der Waals surface area contributed by atoms with Crippen molar-refractivity contribution in [1.29, 1.82) is 0 Å². The van der Waals surface area contributed by atoms with Crippen LogP contribution in [0.5, 0.6) is 0 Å². The molecule has 0 fully saturated rings. The Hall–Kier alpha value is 0.220. The summed E-state index contributed by atoms with van der Waals surface area (Å²) in [5.41, 5.74) is 6.40. The molecule has 10 heteroatoms. The third-order valence-electron chi connectivity index (χ3n) is 1.87. The highest BCUT2D eigenvalue weighted by atomic mass is 31.2. The van der Waals surface area contributed by atoms with Gasteiger partial charge in [-0.3, -0.25) is 0 Å². The molecule has 0 saturated heterocycles. The SMILES string of the molecule is CC[C@H]([NH3+])P(=O)([O-])O.CC[C@H]([NH3+])P(=O)([O-])O. The lowest BCUT2D eigenvalue weighted by Crippen LogP contribution is -2.61. The molecule has 8 nitrogen and oxygen atoms in total. The molecule has 0 bridgehead atoms. The van der Waals surface area contributed by atoms with Crippen LogP contribution in [0.1, 0.15) is 26.7 Å². The maximum Gasteiger partial charge on any atom is 0.190 e. The van der Waals surface area contributed by atoms with E-state index in [1.54, 1.807) is 13.8 Å². The molecule has 0 aromatic rings. The van der Waals surface area contributed by atoms with Gasteiger partial charge in [-0.1, -0.05) is 13.8 Å². The Morgan fingerprint density at radius 2 is 1.19 bits per heavy atom. The van der Waals surface area contributed by atoms with E-state index in [-0.39, 0.29) is 0 Å². The molecule has 4 atom stereocenters. The second kappa shape index (κ2) is 7.53. The molecule has 0 saturated carbocycles. The number of rotatable bonds is 4. The molecule has 0 aliphatic rings. The van der Waals surface area contributed by atoms with Crippen LogP contribution >= 0.6 is 15.2 Å². The van der Waals surface area contributed by atoms with Gasteiger partial charge in [0.2, 0.25) is 0 Å². The lowest BCUT2D eigenvalue weighted by atomic mass is 10.5. The van der Waals surface area contributed by atoms with Crippen molar-refractivity contribution in [2.24, 2.45) is 0 Å². The van der Waals surface area contributed by atoms with Crippen LogP contribution in [0.25, 0.3) is 0 Å². The fourth-order valence-corrected chi connectivity index (χ4v) is 1.38. The van der Waals surface area contributed by atoms with E-state index in [4.69, 9.17) is 9.79 Å². The van der Waals surface area contributed by atoms with Gasteiger partial charge in [-0.25, -0.2) is 0 Å². The summed E-state index contributed by atoms with van der Waals surface area (Å²) in [6.45, 7) is 3.30. The number of quaternary nitrogens is 2. The van der Waals surface area contributed by atoms with Crippen molar-refractivity contribution >= 4 is 15.2 Å². The van der Waals surface area contributed by atoms with Gasteiger partial charge in [-0.2, -0.15) is 0 Å². The molecule has 0 spiro atoms. The lowest BCUT2D eigenvalue weighted by Gasteiger charge is -2.18. The van der Waals surface area contributed by atoms with Crippen LogP contribution in [0.3, 0.4) is 0 Å².